The number of aromatic nitrogens is 1. The summed E-state index contributed by atoms with van der Waals surface area (Å²) >= 11 is 0. The van der Waals surface area contributed by atoms with Crippen LogP contribution in [0.1, 0.15) is 23.0 Å². The predicted molar refractivity (Wildman–Crippen MR) is 67.0 cm³/mol. The molecule has 2 N–H and O–H groups in total. The van der Waals surface area contributed by atoms with Crippen LogP contribution in [0.2, 0.25) is 0 Å². The summed E-state index contributed by atoms with van der Waals surface area (Å²) in [7, 11) is 0. The van der Waals surface area contributed by atoms with Crippen LogP contribution in [0.4, 0.5) is 5.69 Å². The van der Waals surface area contributed by atoms with Crippen LogP contribution >= 0.6 is 0 Å². The summed E-state index contributed by atoms with van der Waals surface area (Å²) in [4.78, 5) is 27.1. The molecule has 0 saturated heterocycles. The van der Waals surface area contributed by atoms with Gasteiger partial charge >= 0.3 is 5.97 Å². The minimum atomic E-state index is -0.993. The first-order valence-electron chi connectivity index (χ1n) is 5.74. The fourth-order valence-corrected chi connectivity index (χ4v) is 2.53. The molecule has 0 saturated carbocycles. The number of anilines is 1. The van der Waals surface area contributed by atoms with Gasteiger partial charge in [0.1, 0.15) is 5.69 Å². The number of carboxylic acids is 1. The zero-order chi connectivity index (χ0) is 12.9. The fourth-order valence-electron chi connectivity index (χ4n) is 2.53. The third-order valence-electron chi connectivity index (χ3n) is 3.34. The van der Waals surface area contributed by atoms with Crippen LogP contribution < -0.4 is 4.90 Å². The van der Waals surface area contributed by atoms with Crippen LogP contribution in [-0.2, 0) is 11.2 Å². The van der Waals surface area contributed by atoms with Gasteiger partial charge in [-0.3, -0.25) is 4.79 Å². The molecule has 0 radical (unpaired) electrons. The van der Waals surface area contributed by atoms with E-state index in [9.17, 15) is 9.59 Å². The number of hydrogen-bond donors (Lipinski definition) is 2. The van der Waals surface area contributed by atoms with Gasteiger partial charge in [-0.1, -0.05) is 6.07 Å². The van der Waals surface area contributed by atoms with Gasteiger partial charge in [0, 0.05) is 24.4 Å². The molecule has 1 aromatic carbocycles. The average Bonchev–Trinajstić information content (AvgIpc) is 2.91. The third kappa shape index (κ3) is 1.40. The average molecular weight is 244 g/mol. The smallest absolute Gasteiger partial charge is 0.352 e. The summed E-state index contributed by atoms with van der Waals surface area (Å²) in [5, 5.41) is 9.80. The Morgan fingerprint density at radius 3 is 2.83 bits per heavy atom. The second-order valence-corrected chi connectivity index (χ2v) is 4.44. The molecule has 0 unspecified atom stereocenters. The van der Waals surface area contributed by atoms with Crippen LogP contribution in [0.3, 0.4) is 0 Å². The van der Waals surface area contributed by atoms with E-state index in [0.717, 1.165) is 28.6 Å². The lowest BCUT2D eigenvalue weighted by atomic mass is 10.1. The first-order valence-corrected chi connectivity index (χ1v) is 5.74. The van der Waals surface area contributed by atoms with E-state index in [4.69, 9.17) is 5.11 Å². The number of aromatic amines is 1. The van der Waals surface area contributed by atoms with E-state index in [2.05, 4.69) is 4.98 Å². The molecule has 0 bridgehead atoms. The molecule has 3 rings (SSSR count). The van der Waals surface area contributed by atoms with Crippen molar-refractivity contribution in [3.63, 3.8) is 0 Å². The molecule has 0 fully saturated rings. The maximum Gasteiger partial charge on any atom is 0.352 e. The number of amides is 1. The first-order chi connectivity index (χ1) is 8.58. The Kier molecular flexibility index (Phi) is 2.16. The third-order valence-corrected chi connectivity index (χ3v) is 3.34. The lowest BCUT2D eigenvalue weighted by Crippen LogP contribution is -2.25. The molecule has 5 nitrogen and oxygen atoms in total. The molecule has 2 heterocycles. The molecule has 18 heavy (non-hydrogen) atoms. The molecular formula is C13H12N2O3. The second-order valence-electron chi connectivity index (χ2n) is 4.44. The largest absolute Gasteiger partial charge is 0.477 e. The number of carboxylic acid groups (broad SMARTS) is 1. The highest BCUT2D eigenvalue weighted by Gasteiger charge is 2.25. The predicted octanol–water partition coefficient (Wildman–Crippen LogP) is 1.78. The fraction of sp³-hybridized carbons (Fsp3) is 0.231. The van der Waals surface area contributed by atoms with Gasteiger partial charge in [-0.05, 0) is 24.1 Å². The van der Waals surface area contributed by atoms with Crippen molar-refractivity contribution >= 4 is 28.5 Å². The lowest BCUT2D eigenvalue weighted by molar-refractivity contribution is -0.116. The number of fused-ring (bicyclic) bond motifs is 3. The van der Waals surface area contributed by atoms with Crippen molar-refractivity contribution in [1.82, 2.24) is 4.98 Å². The molecule has 5 heteroatoms. The van der Waals surface area contributed by atoms with Crippen LogP contribution in [0.25, 0.3) is 10.9 Å². The zero-order valence-corrected chi connectivity index (χ0v) is 9.86. The zero-order valence-electron chi connectivity index (χ0n) is 9.86. The van der Waals surface area contributed by atoms with Crippen molar-refractivity contribution in [2.45, 2.75) is 13.3 Å². The molecule has 1 amide bonds. The Labute approximate surface area is 103 Å². The van der Waals surface area contributed by atoms with Crippen molar-refractivity contribution in [2.24, 2.45) is 0 Å². The molecule has 92 valence electrons. The highest BCUT2D eigenvalue weighted by Crippen LogP contribution is 2.36. The summed E-state index contributed by atoms with van der Waals surface area (Å²) in [6.45, 7) is 2.19. The number of aromatic carboxylic acids is 1. The number of carbonyl (C=O) groups excluding carboxylic acids is 1. The van der Waals surface area contributed by atoms with Crippen molar-refractivity contribution in [3.05, 3.63) is 29.5 Å². The number of carbonyl (C=O) groups is 2. The van der Waals surface area contributed by atoms with Crippen molar-refractivity contribution in [1.29, 1.82) is 0 Å². The van der Waals surface area contributed by atoms with Gasteiger partial charge in [0.25, 0.3) is 0 Å². The van der Waals surface area contributed by atoms with E-state index in [1.807, 2.05) is 12.1 Å². The van der Waals surface area contributed by atoms with E-state index in [1.165, 1.54) is 6.92 Å². The number of nitrogens with one attached hydrogen (secondary N) is 1. The van der Waals surface area contributed by atoms with Crippen molar-refractivity contribution in [2.75, 3.05) is 11.4 Å². The van der Waals surface area contributed by atoms with Gasteiger partial charge in [0.2, 0.25) is 5.91 Å². The van der Waals surface area contributed by atoms with Gasteiger partial charge in [0.15, 0.2) is 0 Å². The minimum Gasteiger partial charge on any atom is -0.477 e. The van der Waals surface area contributed by atoms with Crippen LogP contribution in [0.15, 0.2) is 18.2 Å². The number of benzene rings is 1. The first kappa shape index (κ1) is 10.8. The molecule has 1 aromatic heterocycles. The summed E-state index contributed by atoms with van der Waals surface area (Å²) in [6.07, 6.45) is 0.818. The van der Waals surface area contributed by atoms with E-state index >= 15 is 0 Å². The lowest BCUT2D eigenvalue weighted by Gasteiger charge is -2.15. The quantitative estimate of drug-likeness (QED) is 0.803. The highest BCUT2D eigenvalue weighted by atomic mass is 16.4. The standard InChI is InChI=1S/C13H12N2O3/c1-7(16)15-5-4-8-2-3-10-9(12(8)15)6-11(14-10)13(17)18/h2-3,6,14H,4-5H2,1H3,(H,17,18). The molecule has 0 spiro atoms. The SMILES string of the molecule is CC(=O)N1CCc2ccc3[nH]c(C(=O)O)cc3c21. The molecule has 0 aliphatic carbocycles. The number of hydrogen-bond acceptors (Lipinski definition) is 2. The second kappa shape index (κ2) is 3.60. The van der Waals surface area contributed by atoms with E-state index in [-0.39, 0.29) is 11.6 Å². The molecule has 0 atom stereocenters. The Morgan fingerprint density at radius 2 is 2.17 bits per heavy atom. The van der Waals surface area contributed by atoms with E-state index in [0.29, 0.717) is 6.54 Å². The number of nitrogens with zero attached hydrogens (tertiary/aromatic N) is 1. The molecule has 2 aromatic rings. The summed E-state index contributed by atoms with van der Waals surface area (Å²) in [5.41, 5.74) is 2.84. The van der Waals surface area contributed by atoms with Crippen LogP contribution in [0, 0.1) is 0 Å². The van der Waals surface area contributed by atoms with Gasteiger partial charge in [0.05, 0.1) is 5.69 Å². The topological polar surface area (TPSA) is 73.4 Å². The van der Waals surface area contributed by atoms with Crippen LogP contribution in [0.5, 0.6) is 0 Å². The Balaban J connectivity index is 2.28. The van der Waals surface area contributed by atoms with Gasteiger partial charge < -0.3 is 15.0 Å². The van der Waals surface area contributed by atoms with Crippen molar-refractivity contribution < 1.29 is 14.7 Å². The van der Waals surface area contributed by atoms with Gasteiger partial charge in [-0.2, -0.15) is 0 Å². The maximum absolute atomic E-state index is 11.6. The highest BCUT2D eigenvalue weighted by molar-refractivity contribution is 6.07. The number of rotatable bonds is 1. The Hall–Kier alpha value is -2.30. The Morgan fingerprint density at radius 1 is 1.39 bits per heavy atom. The van der Waals surface area contributed by atoms with E-state index < -0.39 is 5.97 Å². The minimum absolute atomic E-state index is 0.0145. The van der Waals surface area contributed by atoms with Gasteiger partial charge in [-0.25, -0.2) is 4.79 Å². The van der Waals surface area contributed by atoms with Crippen molar-refractivity contribution in [3.8, 4) is 0 Å². The van der Waals surface area contributed by atoms with E-state index in [1.54, 1.807) is 11.0 Å². The Bertz CT molecular complexity index is 672. The maximum atomic E-state index is 11.6. The van der Waals surface area contributed by atoms with Crippen LogP contribution in [-0.4, -0.2) is 28.5 Å². The van der Waals surface area contributed by atoms with Gasteiger partial charge in [-0.15, -0.1) is 0 Å². The molecule has 1 aliphatic heterocycles. The summed E-state index contributed by atoms with van der Waals surface area (Å²) in [6, 6.07) is 5.41. The molecular weight excluding hydrogens is 232 g/mol. The monoisotopic (exact) mass is 244 g/mol. The summed E-state index contributed by atoms with van der Waals surface area (Å²) in [5.74, 6) is -1.01. The molecule has 1 aliphatic rings. The number of H-pyrrole nitrogens is 1. The normalized spacial score (nSPS) is 13.9. The summed E-state index contributed by atoms with van der Waals surface area (Å²) < 4.78 is 0.